The second-order valence-corrected chi connectivity index (χ2v) is 4.66. The Morgan fingerprint density at radius 2 is 2.12 bits per heavy atom. The minimum absolute atomic E-state index is 0.279. The van der Waals surface area contributed by atoms with Crippen molar-refractivity contribution in [3.8, 4) is 5.75 Å². The Morgan fingerprint density at radius 3 is 2.94 bits per heavy atom. The molecule has 0 radical (unpaired) electrons. The maximum Gasteiger partial charge on any atom is 0.134 e. The smallest absolute Gasteiger partial charge is 0.134 e. The number of pyridine rings is 1. The van der Waals surface area contributed by atoms with Crippen molar-refractivity contribution in [3.63, 3.8) is 0 Å². The number of aryl methyl sites for hydroxylation is 2. The molecule has 82 valence electrons. The topological polar surface area (TPSA) is 22.1 Å². The van der Waals surface area contributed by atoms with Crippen LogP contribution in [0.15, 0.2) is 18.2 Å². The van der Waals surface area contributed by atoms with Crippen LogP contribution >= 0.6 is 0 Å². The summed E-state index contributed by atoms with van der Waals surface area (Å²) in [6, 6.07) is 6.34. The minimum atomic E-state index is 0.279. The highest BCUT2D eigenvalue weighted by molar-refractivity contribution is 5.88. The summed E-state index contributed by atoms with van der Waals surface area (Å²) in [5.41, 5.74) is 4.68. The van der Waals surface area contributed by atoms with E-state index in [-0.39, 0.29) is 6.10 Å². The van der Waals surface area contributed by atoms with Gasteiger partial charge in [-0.15, -0.1) is 0 Å². The number of rotatable bonds is 0. The number of hydrogen-bond acceptors (Lipinski definition) is 2. The first-order chi connectivity index (χ1) is 7.65. The molecule has 16 heavy (non-hydrogen) atoms. The molecule has 0 bridgehead atoms. The number of aromatic nitrogens is 1. The van der Waals surface area contributed by atoms with Gasteiger partial charge in [-0.05, 0) is 32.9 Å². The first-order valence-electron chi connectivity index (χ1n) is 5.71. The van der Waals surface area contributed by atoms with Gasteiger partial charge in [0.25, 0.3) is 0 Å². The summed E-state index contributed by atoms with van der Waals surface area (Å²) in [7, 11) is 0. The number of benzene rings is 1. The van der Waals surface area contributed by atoms with Crippen LogP contribution in [0.1, 0.15) is 23.7 Å². The molecule has 1 aromatic carbocycles. The van der Waals surface area contributed by atoms with Crippen LogP contribution < -0.4 is 4.74 Å². The Bertz CT molecular complexity index is 574. The molecule has 0 fully saturated rings. The Labute approximate surface area is 95.3 Å². The van der Waals surface area contributed by atoms with Gasteiger partial charge in [-0.3, -0.25) is 4.98 Å². The lowest BCUT2D eigenvalue weighted by molar-refractivity contribution is 0.257. The summed E-state index contributed by atoms with van der Waals surface area (Å²) in [4.78, 5) is 4.64. The van der Waals surface area contributed by atoms with E-state index in [2.05, 4.69) is 44.0 Å². The van der Waals surface area contributed by atoms with Crippen molar-refractivity contribution in [3.05, 3.63) is 35.0 Å². The molecular formula is C14H15NO. The molecule has 0 saturated carbocycles. The van der Waals surface area contributed by atoms with E-state index in [0.717, 1.165) is 28.8 Å². The molecular weight excluding hydrogens is 198 g/mol. The van der Waals surface area contributed by atoms with Crippen LogP contribution in [-0.4, -0.2) is 11.1 Å². The fourth-order valence-corrected chi connectivity index (χ4v) is 2.41. The van der Waals surface area contributed by atoms with Gasteiger partial charge in [-0.25, -0.2) is 0 Å². The molecule has 0 N–H and O–H groups in total. The second-order valence-electron chi connectivity index (χ2n) is 4.66. The van der Waals surface area contributed by atoms with E-state index in [1.807, 2.05) is 0 Å². The number of nitrogens with zero attached hydrogens (tertiary/aromatic N) is 1. The molecule has 2 nitrogen and oxygen atoms in total. The molecule has 2 heteroatoms. The van der Waals surface area contributed by atoms with Crippen LogP contribution in [0.25, 0.3) is 10.9 Å². The third-order valence-electron chi connectivity index (χ3n) is 3.21. The highest BCUT2D eigenvalue weighted by Gasteiger charge is 2.24. The van der Waals surface area contributed by atoms with Gasteiger partial charge < -0.3 is 4.74 Å². The quantitative estimate of drug-likeness (QED) is 0.670. The fourth-order valence-electron chi connectivity index (χ4n) is 2.41. The minimum Gasteiger partial charge on any atom is -0.489 e. The second kappa shape index (κ2) is 3.21. The maximum atomic E-state index is 5.92. The van der Waals surface area contributed by atoms with E-state index in [4.69, 9.17) is 4.74 Å². The Morgan fingerprint density at radius 1 is 1.31 bits per heavy atom. The molecule has 1 aliphatic rings. The summed E-state index contributed by atoms with van der Waals surface area (Å²) in [6.07, 6.45) is 1.26. The van der Waals surface area contributed by atoms with Crippen LogP contribution in [0, 0.1) is 13.8 Å². The fraction of sp³-hybridized carbons (Fsp3) is 0.357. The van der Waals surface area contributed by atoms with Gasteiger partial charge in [0.15, 0.2) is 0 Å². The van der Waals surface area contributed by atoms with E-state index in [9.17, 15) is 0 Å². The van der Waals surface area contributed by atoms with Crippen LogP contribution in [0.4, 0.5) is 0 Å². The highest BCUT2D eigenvalue weighted by Crippen LogP contribution is 2.37. The Hall–Kier alpha value is -1.57. The number of ether oxygens (including phenoxy) is 1. The van der Waals surface area contributed by atoms with E-state index < -0.39 is 0 Å². The van der Waals surface area contributed by atoms with Gasteiger partial charge in [-0.1, -0.05) is 11.6 Å². The molecule has 0 saturated heterocycles. The van der Waals surface area contributed by atoms with E-state index in [0.29, 0.717) is 0 Å². The van der Waals surface area contributed by atoms with Gasteiger partial charge in [0.05, 0.1) is 5.52 Å². The molecule has 2 aromatic rings. The predicted octanol–water partition coefficient (Wildman–Crippen LogP) is 3.18. The largest absolute Gasteiger partial charge is 0.489 e. The lowest BCUT2D eigenvalue weighted by Gasteiger charge is -2.08. The van der Waals surface area contributed by atoms with Crippen molar-refractivity contribution >= 4 is 10.9 Å². The van der Waals surface area contributed by atoms with Gasteiger partial charge in [-0.2, -0.15) is 0 Å². The Kier molecular flexibility index (Phi) is 1.93. The van der Waals surface area contributed by atoms with E-state index in [1.54, 1.807) is 0 Å². The first kappa shape index (κ1) is 9.64. The average Bonchev–Trinajstić information content (AvgIpc) is 2.62. The van der Waals surface area contributed by atoms with Crippen molar-refractivity contribution in [2.45, 2.75) is 33.3 Å². The van der Waals surface area contributed by atoms with Gasteiger partial charge in [0.1, 0.15) is 11.9 Å². The highest BCUT2D eigenvalue weighted by atomic mass is 16.5. The van der Waals surface area contributed by atoms with Crippen LogP contribution in [-0.2, 0) is 6.42 Å². The van der Waals surface area contributed by atoms with E-state index >= 15 is 0 Å². The molecule has 2 heterocycles. The molecule has 0 spiro atoms. The third kappa shape index (κ3) is 1.29. The summed E-state index contributed by atoms with van der Waals surface area (Å²) in [5, 5.41) is 1.16. The summed E-state index contributed by atoms with van der Waals surface area (Å²) < 4.78 is 5.92. The van der Waals surface area contributed by atoms with Crippen molar-refractivity contribution in [1.29, 1.82) is 0 Å². The molecule has 0 amide bonds. The van der Waals surface area contributed by atoms with Gasteiger partial charge >= 0.3 is 0 Å². The van der Waals surface area contributed by atoms with Gasteiger partial charge in [0.2, 0.25) is 0 Å². The van der Waals surface area contributed by atoms with Crippen LogP contribution in [0.3, 0.4) is 0 Å². The lowest BCUT2D eigenvalue weighted by Crippen LogP contribution is -2.05. The summed E-state index contributed by atoms with van der Waals surface area (Å²) in [6.45, 7) is 6.28. The van der Waals surface area contributed by atoms with Crippen molar-refractivity contribution in [2.24, 2.45) is 0 Å². The average molecular weight is 213 g/mol. The monoisotopic (exact) mass is 213 g/mol. The number of hydrogen-bond donors (Lipinski definition) is 0. The molecule has 0 aliphatic carbocycles. The third-order valence-corrected chi connectivity index (χ3v) is 3.21. The zero-order valence-corrected chi connectivity index (χ0v) is 9.87. The van der Waals surface area contributed by atoms with Gasteiger partial charge in [0, 0.05) is 23.1 Å². The SMILES string of the molecule is Cc1ccc2nc(C)c3c(c2c1)O[C@@H](C)C3. The molecule has 1 aliphatic heterocycles. The normalized spacial score (nSPS) is 18.6. The predicted molar refractivity (Wildman–Crippen MR) is 65.0 cm³/mol. The zero-order valence-electron chi connectivity index (χ0n) is 9.87. The lowest BCUT2D eigenvalue weighted by atomic mass is 10.0. The molecule has 3 rings (SSSR count). The maximum absolute atomic E-state index is 5.92. The van der Waals surface area contributed by atoms with Crippen molar-refractivity contribution < 1.29 is 4.74 Å². The first-order valence-corrected chi connectivity index (χ1v) is 5.71. The molecule has 1 atom stereocenters. The summed E-state index contributed by atoms with van der Waals surface area (Å²) in [5.74, 6) is 1.05. The van der Waals surface area contributed by atoms with Crippen LogP contribution in [0.5, 0.6) is 5.75 Å². The summed E-state index contributed by atoms with van der Waals surface area (Å²) >= 11 is 0. The van der Waals surface area contributed by atoms with Crippen molar-refractivity contribution in [2.75, 3.05) is 0 Å². The zero-order chi connectivity index (χ0) is 11.3. The van der Waals surface area contributed by atoms with E-state index in [1.165, 1.54) is 11.1 Å². The molecule has 1 aromatic heterocycles. The number of fused-ring (bicyclic) bond motifs is 3. The standard InChI is InChI=1S/C14H15NO/c1-8-4-5-13-12(6-8)14-11(10(3)15-13)7-9(2)16-14/h4-6,9H,7H2,1-3H3/t9-/m0/s1. The molecule has 0 unspecified atom stereocenters. The van der Waals surface area contributed by atoms with Crippen molar-refractivity contribution in [1.82, 2.24) is 4.98 Å². The Balaban J connectivity index is 2.38. The van der Waals surface area contributed by atoms with Crippen LogP contribution in [0.2, 0.25) is 0 Å².